The fourth-order valence-electron chi connectivity index (χ4n) is 9.90. The molecule has 2 heteroatoms. The summed E-state index contributed by atoms with van der Waals surface area (Å²) in [6.45, 7) is 8.70. The second-order valence-corrected chi connectivity index (χ2v) is 16.2. The molecule has 0 fully saturated rings. The number of rotatable bonds is 5. The van der Waals surface area contributed by atoms with E-state index in [9.17, 15) is 0 Å². The maximum atomic E-state index is 5.32. The van der Waals surface area contributed by atoms with Gasteiger partial charge in [0.2, 0.25) is 0 Å². The molecule has 10 aromatic rings. The molecule has 2 nitrogen and oxygen atoms in total. The summed E-state index contributed by atoms with van der Waals surface area (Å²) in [6.07, 6.45) is 1.98. The van der Waals surface area contributed by atoms with Crippen LogP contribution in [0.1, 0.15) is 44.5 Å². The van der Waals surface area contributed by atoms with Crippen molar-refractivity contribution in [1.82, 2.24) is 9.97 Å². The second-order valence-electron chi connectivity index (χ2n) is 16.2. The number of nitrogens with zero attached hydrogens (tertiary/aromatic N) is 2. The minimum Gasteiger partial charge on any atom is -0.254 e. The van der Waals surface area contributed by atoms with Crippen LogP contribution in [-0.2, 0) is 5.41 Å². The van der Waals surface area contributed by atoms with Gasteiger partial charge in [0.25, 0.3) is 0 Å². The minimum absolute atomic E-state index is 0.416. The summed E-state index contributed by atoms with van der Waals surface area (Å²) in [5, 5.41) is 4.74. The molecule has 1 aliphatic carbocycles. The largest absolute Gasteiger partial charge is 0.254 e. The van der Waals surface area contributed by atoms with Gasteiger partial charge in [-0.3, -0.25) is 4.98 Å². The molecule has 0 unspecified atom stereocenters. The van der Waals surface area contributed by atoms with Gasteiger partial charge in [-0.05, 0) is 128 Å². The van der Waals surface area contributed by atoms with Gasteiger partial charge in [-0.2, -0.15) is 0 Å². The topological polar surface area (TPSA) is 25.8 Å². The van der Waals surface area contributed by atoms with E-state index in [1.165, 1.54) is 99.4 Å². The molecule has 280 valence electrons. The highest BCUT2D eigenvalue weighted by Crippen LogP contribution is 2.58. The molecule has 1 aliphatic rings. The van der Waals surface area contributed by atoms with Crippen molar-refractivity contribution < 1.29 is 0 Å². The van der Waals surface area contributed by atoms with E-state index in [1.54, 1.807) is 0 Å². The molecule has 0 saturated heterocycles. The van der Waals surface area contributed by atoms with E-state index in [-0.39, 0.29) is 0 Å². The van der Waals surface area contributed by atoms with E-state index < -0.39 is 5.41 Å². The zero-order valence-corrected chi connectivity index (χ0v) is 33.7. The van der Waals surface area contributed by atoms with Crippen molar-refractivity contribution in [3.63, 3.8) is 0 Å². The lowest BCUT2D eigenvalue weighted by atomic mass is 9.67. The number of fused-ring (bicyclic) bond motifs is 7. The SMILES string of the molecule is Cc1cnc2c(ccc3c(C)c(C)c(-c4ccc5cc(-c6ccc(-c7cccc8c7-c7ccccc7C8(c7ccccc7)c7ccccc7)cc6)ccc5c4)nc32)c1C. The molecule has 0 N–H and O–H groups in total. The Hall–Kier alpha value is -7.16. The summed E-state index contributed by atoms with van der Waals surface area (Å²) in [7, 11) is 0. The lowest BCUT2D eigenvalue weighted by molar-refractivity contribution is 0.768. The molecular weight excluding hydrogens is 713 g/mol. The van der Waals surface area contributed by atoms with Crippen molar-refractivity contribution in [2.45, 2.75) is 33.1 Å². The predicted molar refractivity (Wildman–Crippen MR) is 247 cm³/mol. The van der Waals surface area contributed by atoms with Crippen LogP contribution in [0.2, 0.25) is 0 Å². The van der Waals surface area contributed by atoms with Gasteiger partial charge in [-0.15, -0.1) is 0 Å². The molecule has 0 saturated carbocycles. The van der Waals surface area contributed by atoms with E-state index in [0.29, 0.717) is 0 Å². The highest BCUT2D eigenvalue weighted by atomic mass is 14.8. The fourth-order valence-corrected chi connectivity index (χ4v) is 9.90. The van der Waals surface area contributed by atoms with Crippen LogP contribution >= 0.6 is 0 Å². The summed E-state index contributed by atoms with van der Waals surface area (Å²) < 4.78 is 0. The van der Waals surface area contributed by atoms with Crippen LogP contribution in [0, 0.1) is 27.7 Å². The van der Waals surface area contributed by atoms with Crippen LogP contribution in [0.25, 0.3) is 77.2 Å². The number of aryl methyl sites for hydroxylation is 3. The monoisotopic (exact) mass is 754 g/mol. The first-order valence-electron chi connectivity index (χ1n) is 20.6. The fraction of sp³-hybridized carbons (Fsp3) is 0.0877. The van der Waals surface area contributed by atoms with Crippen LogP contribution in [0.15, 0.2) is 182 Å². The van der Waals surface area contributed by atoms with E-state index >= 15 is 0 Å². The van der Waals surface area contributed by atoms with Crippen LogP contribution in [0.4, 0.5) is 0 Å². The van der Waals surface area contributed by atoms with Gasteiger partial charge < -0.3 is 0 Å². The van der Waals surface area contributed by atoms with Crippen molar-refractivity contribution in [2.75, 3.05) is 0 Å². The highest BCUT2D eigenvalue weighted by molar-refractivity contribution is 6.06. The summed E-state index contributed by atoms with van der Waals surface area (Å²) in [5.74, 6) is 0. The molecule has 11 rings (SSSR count). The Morgan fingerprint density at radius 1 is 0.407 bits per heavy atom. The van der Waals surface area contributed by atoms with Crippen molar-refractivity contribution in [1.29, 1.82) is 0 Å². The average Bonchev–Trinajstić information content (AvgIpc) is 3.60. The Kier molecular flexibility index (Phi) is 8.00. The molecule has 0 amide bonds. The summed E-state index contributed by atoms with van der Waals surface area (Å²) >= 11 is 0. The molecular formula is C57H42N2. The third-order valence-corrected chi connectivity index (χ3v) is 13.2. The van der Waals surface area contributed by atoms with Gasteiger partial charge in [-0.1, -0.05) is 164 Å². The maximum absolute atomic E-state index is 5.32. The van der Waals surface area contributed by atoms with Crippen LogP contribution in [-0.4, -0.2) is 9.97 Å². The van der Waals surface area contributed by atoms with Gasteiger partial charge in [0, 0.05) is 22.5 Å². The molecule has 0 aliphatic heterocycles. The third-order valence-electron chi connectivity index (χ3n) is 13.2. The van der Waals surface area contributed by atoms with Crippen LogP contribution in [0.3, 0.4) is 0 Å². The first-order valence-corrected chi connectivity index (χ1v) is 20.6. The standard InChI is InChI=1S/C57H42N2/c1-35-34-58-55-47(36(35)2)30-31-48-37(3)38(4)54(59-56(48)55)44-29-28-42-32-41(26-27-43(42)33-44)39-22-24-40(25-23-39)49-19-13-21-52-53(49)50-18-11-12-20-51(50)57(52,45-14-7-5-8-15-45)46-16-9-6-10-17-46/h5-34H,1-4H3. The number of aromatic nitrogens is 2. The predicted octanol–water partition coefficient (Wildman–Crippen LogP) is 14.5. The van der Waals surface area contributed by atoms with Crippen molar-refractivity contribution in [2.24, 2.45) is 0 Å². The number of hydrogen-bond donors (Lipinski definition) is 0. The third kappa shape index (κ3) is 5.26. The first kappa shape index (κ1) is 35.0. The Balaban J connectivity index is 0.970. The van der Waals surface area contributed by atoms with Gasteiger partial charge >= 0.3 is 0 Å². The normalized spacial score (nSPS) is 12.9. The molecule has 0 spiro atoms. The lowest BCUT2D eigenvalue weighted by Crippen LogP contribution is -2.28. The van der Waals surface area contributed by atoms with Gasteiger partial charge in [-0.25, -0.2) is 4.98 Å². The maximum Gasteiger partial charge on any atom is 0.0975 e. The van der Waals surface area contributed by atoms with Crippen LogP contribution in [0.5, 0.6) is 0 Å². The van der Waals surface area contributed by atoms with Crippen molar-refractivity contribution >= 4 is 32.6 Å². The van der Waals surface area contributed by atoms with Crippen molar-refractivity contribution in [3.05, 3.63) is 227 Å². The second kappa shape index (κ2) is 13.5. The minimum atomic E-state index is -0.416. The van der Waals surface area contributed by atoms with Gasteiger partial charge in [0.15, 0.2) is 0 Å². The molecule has 59 heavy (non-hydrogen) atoms. The molecule has 2 heterocycles. The zero-order valence-electron chi connectivity index (χ0n) is 33.7. The highest BCUT2D eigenvalue weighted by Gasteiger charge is 2.46. The van der Waals surface area contributed by atoms with Crippen LogP contribution < -0.4 is 0 Å². The molecule has 8 aromatic carbocycles. The van der Waals surface area contributed by atoms with E-state index in [1.807, 2.05) is 6.20 Å². The first-order chi connectivity index (χ1) is 28.9. The number of hydrogen-bond acceptors (Lipinski definition) is 2. The van der Waals surface area contributed by atoms with Gasteiger partial charge in [0.05, 0.1) is 22.1 Å². The van der Waals surface area contributed by atoms with E-state index in [4.69, 9.17) is 9.97 Å². The molecule has 0 radical (unpaired) electrons. The quantitative estimate of drug-likeness (QED) is 0.164. The number of benzene rings is 8. The van der Waals surface area contributed by atoms with E-state index in [0.717, 1.165) is 22.3 Å². The average molecular weight is 755 g/mol. The Bertz CT molecular complexity index is 3250. The Labute approximate surface area is 345 Å². The van der Waals surface area contributed by atoms with E-state index in [2.05, 4.69) is 204 Å². The molecule has 0 atom stereocenters. The molecule has 0 bridgehead atoms. The summed E-state index contributed by atoms with van der Waals surface area (Å²) in [6, 6.07) is 65.0. The Morgan fingerprint density at radius 2 is 0.966 bits per heavy atom. The van der Waals surface area contributed by atoms with Crippen molar-refractivity contribution in [3.8, 4) is 44.6 Å². The zero-order chi connectivity index (χ0) is 39.8. The van der Waals surface area contributed by atoms with Gasteiger partial charge in [0.1, 0.15) is 0 Å². The number of pyridine rings is 2. The molecule has 2 aromatic heterocycles. The summed E-state index contributed by atoms with van der Waals surface area (Å²) in [4.78, 5) is 10.2. The lowest BCUT2D eigenvalue weighted by Gasteiger charge is -2.34. The Morgan fingerprint density at radius 3 is 1.68 bits per heavy atom. The smallest absolute Gasteiger partial charge is 0.0975 e. The summed E-state index contributed by atoms with van der Waals surface area (Å²) in [5.41, 5.74) is 21.3.